The van der Waals surface area contributed by atoms with E-state index in [0.717, 1.165) is 11.8 Å². The van der Waals surface area contributed by atoms with E-state index in [2.05, 4.69) is 4.72 Å². The van der Waals surface area contributed by atoms with Gasteiger partial charge in [0.15, 0.2) is 0 Å². The fourth-order valence-electron chi connectivity index (χ4n) is 3.20. The third-order valence-electron chi connectivity index (χ3n) is 4.67. The quantitative estimate of drug-likeness (QED) is 0.231. The van der Waals surface area contributed by atoms with E-state index >= 15 is 0 Å². The van der Waals surface area contributed by atoms with E-state index in [1.807, 2.05) is 18.2 Å². The Bertz CT molecular complexity index is 1420. The molecule has 0 saturated carbocycles. The molecule has 0 aliphatic heterocycles. The van der Waals surface area contributed by atoms with E-state index in [4.69, 9.17) is 9.84 Å². The Labute approximate surface area is 194 Å². The molecule has 33 heavy (non-hydrogen) atoms. The summed E-state index contributed by atoms with van der Waals surface area (Å²) in [6, 6.07) is 23.3. The molecular formula is C24H19NO6S2. The van der Waals surface area contributed by atoms with E-state index in [-0.39, 0.29) is 27.0 Å². The lowest BCUT2D eigenvalue weighted by molar-refractivity contribution is -0.133. The number of nitrogens with one attached hydrogen (secondary N) is 1. The zero-order chi connectivity index (χ0) is 23.4. The van der Waals surface area contributed by atoms with Crippen molar-refractivity contribution in [2.45, 2.75) is 9.79 Å². The summed E-state index contributed by atoms with van der Waals surface area (Å²) in [5.74, 6) is -0.498. The minimum atomic E-state index is -4.02. The van der Waals surface area contributed by atoms with Gasteiger partial charge in [-0.1, -0.05) is 48.5 Å². The molecule has 0 amide bonds. The van der Waals surface area contributed by atoms with Crippen LogP contribution in [-0.2, 0) is 14.8 Å². The standard InChI is InChI=1S/C24H19NO6S2/c26-23(27)15-32-22-14-21(19-11-4-5-12-20(19)24(22)28)25-33(29,30)18-10-6-9-17(13-18)31-16-7-2-1-3-8-16/h1-14,25,28H,15H2,(H,26,27). The Kier molecular flexibility index (Phi) is 6.43. The van der Waals surface area contributed by atoms with Gasteiger partial charge in [-0.3, -0.25) is 9.52 Å². The van der Waals surface area contributed by atoms with Gasteiger partial charge >= 0.3 is 5.97 Å². The summed E-state index contributed by atoms with van der Waals surface area (Å²) in [7, 11) is -4.02. The van der Waals surface area contributed by atoms with Crippen LogP contribution in [0.15, 0.2) is 94.7 Å². The maximum absolute atomic E-state index is 13.2. The average Bonchev–Trinajstić information content (AvgIpc) is 2.81. The van der Waals surface area contributed by atoms with Gasteiger partial charge in [-0.15, -0.1) is 11.8 Å². The van der Waals surface area contributed by atoms with Gasteiger partial charge in [-0.25, -0.2) is 8.42 Å². The zero-order valence-corrected chi connectivity index (χ0v) is 18.8. The molecule has 0 atom stereocenters. The van der Waals surface area contributed by atoms with Crippen LogP contribution in [0.1, 0.15) is 0 Å². The SMILES string of the molecule is O=C(O)CSc1cc(NS(=O)(=O)c2cccc(Oc3ccccc3)c2)c2ccccc2c1O. The summed E-state index contributed by atoms with van der Waals surface area (Å²) in [6.45, 7) is 0. The largest absolute Gasteiger partial charge is 0.506 e. The number of fused-ring (bicyclic) bond motifs is 1. The number of carbonyl (C=O) groups is 1. The van der Waals surface area contributed by atoms with E-state index < -0.39 is 16.0 Å². The summed E-state index contributed by atoms with van der Waals surface area (Å²) < 4.78 is 34.7. The molecule has 0 bridgehead atoms. The van der Waals surface area contributed by atoms with Crippen molar-refractivity contribution in [3.63, 3.8) is 0 Å². The maximum atomic E-state index is 13.2. The molecular weight excluding hydrogens is 462 g/mol. The third kappa shape index (κ3) is 5.21. The number of anilines is 1. The van der Waals surface area contributed by atoms with Crippen molar-refractivity contribution in [2.75, 3.05) is 10.5 Å². The van der Waals surface area contributed by atoms with Gasteiger partial charge < -0.3 is 14.9 Å². The monoisotopic (exact) mass is 481 g/mol. The molecule has 4 aromatic rings. The van der Waals surface area contributed by atoms with Gasteiger partial charge in [0.25, 0.3) is 10.0 Å². The van der Waals surface area contributed by atoms with Crippen molar-refractivity contribution < 1.29 is 28.2 Å². The molecule has 0 aliphatic carbocycles. The van der Waals surface area contributed by atoms with Gasteiger partial charge in [0.2, 0.25) is 0 Å². The molecule has 0 heterocycles. The Hall–Kier alpha value is -3.69. The fourth-order valence-corrected chi connectivity index (χ4v) is 5.03. The average molecular weight is 482 g/mol. The summed E-state index contributed by atoms with van der Waals surface area (Å²) in [5, 5.41) is 20.5. The Morgan fingerprint density at radius 2 is 1.55 bits per heavy atom. The molecule has 0 fully saturated rings. The minimum Gasteiger partial charge on any atom is -0.506 e. The first-order chi connectivity index (χ1) is 15.8. The third-order valence-corrected chi connectivity index (χ3v) is 7.05. The van der Waals surface area contributed by atoms with E-state index in [1.54, 1.807) is 48.5 Å². The Morgan fingerprint density at radius 1 is 0.879 bits per heavy atom. The molecule has 0 aliphatic rings. The molecule has 4 aromatic carbocycles. The first-order valence-electron chi connectivity index (χ1n) is 9.78. The number of phenols is 1. The number of thioether (sulfide) groups is 1. The predicted octanol–water partition coefficient (Wildman–Crippen LogP) is 5.32. The highest BCUT2D eigenvalue weighted by Gasteiger charge is 2.19. The zero-order valence-electron chi connectivity index (χ0n) is 17.1. The Morgan fingerprint density at radius 3 is 2.27 bits per heavy atom. The number of sulfonamides is 1. The van der Waals surface area contributed by atoms with E-state index in [9.17, 15) is 18.3 Å². The van der Waals surface area contributed by atoms with Crippen molar-refractivity contribution in [1.82, 2.24) is 0 Å². The van der Waals surface area contributed by atoms with Crippen LogP contribution in [0.25, 0.3) is 10.8 Å². The molecule has 0 unspecified atom stereocenters. The number of phenolic OH excluding ortho intramolecular Hbond substituents is 1. The van der Waals surface area contributed by atoms with Gasteiger partial charge in [0, 0.05) is 16.8 Å². The molecule has 0 spiro atoms. The number of ether oxygens (including phenoxy) is 1. The van der Waals surface area contributed by atoms with Crippen LogP contribution in [0.4, 0.5) is 5.69 Å². The normalized spacial score (nSPS) is 11.3. The highest BCUT2D eigenvalue weighted by Crippen LogP contribution is 2.40. The van der Waals surface area contributed by atoms with Crippen LogP contribution in [0.2, 0.25) is 0 Å². The summed E-state index contributed by atoms with van der Waals surface area (Å²) in [5.41, 5.74) is 0.227. The second-order valence-electron chi connectivity index (χ2n) is 6.99. The van der Waals surface area contributed by atoms with Crippen LogP contribution in [-0.4, -0.2) is 30.4 Å². The lowest BCUT2D eigenvalue weighted by atomic mass is 10.1. The van der Waals surface area contributed by atoms with Crippen LogP contribution >= 0.6 is 11.8 Å². The first kappa shape index (κ1) is 22.5. The van der Waals surface area contributed by atoms with Crippen LogP contribution < -0.4 is 9.46 Å². The molecule has 0 aromatic heterocycles. The molecule has 7 nitrogen and oxygen atoms in total. The lowest BCUT2D eigenvalue weighted by Crippen LogP contribution is -2.13. The first-order valence-corrected chi connectivity index (χ1v) is 12.3. The highest BCUT2D eigenvalue weighted by atomic mass is 32.2. The smallest absolute Gasteiger partial charge is 0.313 e. The van der Waals surface area contributed by atoms with Crippen molar-refractivity contribution in [1.29, 1.82) is 0 Å². The molecule has 3 N–H and O–H groups in total. The molecule has 0 saturated heterocycles. The van der Waals surface area contributed by atoms with Gasteiger partial charge in [-0.05, 0) is 30.3 Å². The second kappa shape index (κ2) is 9.43. The fraction of sp³-hybridized carbons (Fsp3) is 0.0417. The van der Waals surface area contributed by atoms with Crippen LogP contribution in [0, 0.1) is 0 Å². The highest BCUT2D eigenvalue weighted by molar-refractivity contribution is 8.00. The molecule has 4 rings (SSSR count). The van der Waals surface area contributed by atoms with Gasteiger partial charge in [0.05, 0.1) is 21.2 Å². The van der Waals surface area contributed by atoms with Crippen molar-refractivity contribution >= 4 is 44.2 Å². The number of carboxylic acids is 1. The second-order valence-corrected chi connectivity index (χ2v) is 9.69. The predicted molar refractivity (Wildman–Crippen MR) is 128 cm³/mol. The Balaban J connectivity index is 1.69. The van der Waals surface area contributed by atoms with Gasteiger partial charge in [0.1, 0.15) is 17.2 Å². The minimum absolute atomic E-state index is 0.00664. The number of benzene rings is 4. The molecule has 9 heteroatoms. The van der Waals surface area contributed by atoms with Crippen LogP contribution in [0.5, 0.6) is 17.2 Å². The number of aromatic hydroxyl groups is 1. The summed E-state index contributed by atoms with van der Waals surface area (Å²) in [6.07, 6.45) is 0. The molecule has 168 valence electrons. The number of aliphatic carboxylic acids is 1. The van der Waals surface area contributed by atoms with E-state index in [1.165, 1.54) is 18.2 Å². The maximum Gasteiger partial charge on any atom is 0.313 e. The topological polar surface area (TPSA) is 113 Å². The lowest BCUT2D eigenvalue weighted by Gasteiger charge is -2.15. The number of hydrogen-bond acceptors (Lipinski definition) is 6. The van der Waals surface area contributed by atoms with Crippen molar-refractivity contribution in [2.24, 2.45) is 0 Å². The summed E-state index contributed by atoms with van der Waals surface area (Å²) >= 11 is 0.905. The van der Waals surface area contributed by atoms with Crippen LogP contribution in [0.3, 0.4) is 0 Å². The van der Waals surface area contributed by atoms with Crippen molar-refractivity contribution in [3.05, 3.63) is 84.9 Å². The molecule has 0 radical (unpaired) electrons. The van der Waals surface area contributed by atoms with E-state index in [0.29, 0.717) is 22.3 Å². The number of rotatable bonds is 8. The van der Waals surface area contributed by atoms with Crippen molar-refractivity contribution in [3.8, 4) is 17.2 Å². The van der Waals surface area contributed by atoms with Gasteiger partial charge in [-0.2, -0.15) is 0 Å². The summed E-state index contributed by atoms with van der Waals surface area (Å²) in [4.78, 5) is 11.2. The number of carboxylic acid groups (broad SMARTS) is 1. The number of hydrogen-bond donors (Lipinski definition) is 3. The number of para-hydroxylation sites is 1.